The number of aliphatic hydroxyl groups excluding tert-OH is 1. The standard InChI is InChI=1S/C24H38N4O3/c1-3-25-24(26-17-19-5-7-22(31-13-12-29)23(16-19)30-2)28-10-8-27(9-11-28)21-15-18-4-6-20(21)14-18/h5,7,16,18,20-21,29H,3-4,6,8-15,17H2,1-2H3,(H,25,26). The van der Waals surface area contributed by atoms with Gasteiger partial charge in [-0.2, -0.15) is 0 Å². The Labute approximate surface area is 186 Å². The number of hydrogen-bond donors (Lipinski definition) is 2. The fourth-order valence-corrected chi connectivity index (χ4v) is 5.60. The molecule has 7 heteroatoms. The first kappa shape index (κ1) is 22.2. The molecule has 2 saturated carbocycles. The number of aliphatic imine (C=N–C) groups is 1. The molecule has 3 aliphatic rings. The second-order valence-electron chi connectivity index (χ2n) is 8.99. The van der Waals surface area contributed by atoms with Gasteiger partial charge in [0.2, 0.25) is 0 Å². The number of hydrogen-bond acceptors (Lipinski definition) is 5. The molecule has 0 amide bonds. The summed E-state index contributed by atoms with van der Waals surface area (Å²) in [4.78, 5) is 10.1. The minimum Gasteiger partial charge on any atom is -0.493 e. The van der Waals surface area contributed by atoms with Gasteiger partial charge in [0.25, 0.3) is 0 Å². The maximum Gasteiger partial charge on any atom is 0.194 e. The molecule has 0 aromatic heterocycles. The van der Waals surface area contributed by atoms with Crippen LogP contribution in [0.4, 0.5) is 0 Å². The third kappa shape index (κ3) is 5.26. The van der Waals surface area contributed by atoms with Gasteiger partial charge in [0.05, 0.1) is 20.3 Å². The summed E-state index contributed by atoms with van der Waals surface area (Å²) in [6.45, 7) is 8.18. The van der Waals surface area contributed by atoms with Crippen LogP contribution < -0.4 is 14.8 Å². The first-order valence-corrected chi connectivity index (χ1v) is 11.9. The summed E-state index contributed by atoms with van der Waals surface area (Å²) in [5, 5.41) is 12.4. The van der Waals surface area contributed by atoms with Gasteiger partial charge in [-0.1, -0.05) is 12.5 Å². The Hall–Kier alpha value is -1.99. The fraction of sp³-hybridized carbons (Fsp3) is 0.708. The van der Waals surface area contributed by atoms with Crippen LogP contribution in [-0.4, -0.2) is 80.0 Å². The van der Waals surface area contributed by atoms with E-state index in [1.165, 1.54) is 25.7 Å². The minimum atomic E-state index is -0.0174. The van der Waals surface area contributed by atoms with Gasteiger partial charge in [0.1, 0.15) is 6.61 Å². The average molecular weight is 431 g/mol. The van der Waals surface area contributed by atoms with Crippen molar-refractivity contribution in [3.05, 3.63) is 23.8 Å². The molecule has 1 aliphatic heterocycles. The van der Waals surface area contributed by atoms with Crippen molar-refractivity contribution in [1.82, 2.24) is 15.1 Å². The summed E-state index contributed by atoms with van der Waals surface area (Å²) < 4.78 is 11.0. The van der Waals surface area contributed by atoms with Crippen LogP contribution in [0.15, 0.2) is 23.2 Å². The normalized spacial score (nSPS) is 26.4. The molecule has 7 nitrogen and oxygen atoms in total. The molecule has 2 N–H and O–H groups in total. The third-order valence-corrected chi connectivity index (χ3v) is 7.11. The highest BCUT2D eigenvalue weighted by Crippen LogP contribution is 2.46. The molecule has 4 rings (SSSR count). The Morgan fingerprint density at radius 2 is 2.00 bits per heavy atom. The number of ether oxygens (including phenoxy) is 2. The Kier molecular flexibility index (Phi) is 7.56. The van der Waals surface area contributed by atoms with Gasteiger partial charge in [-0.15, -0.1) is 0 Å². The maximum absolute atomic E-state index is 8.97. The highest BCUT2D eigenvalue weighted by Gasteiger charge is 2.42. The number of nitrogens with one attached hydrogen (secondary N) is 1. The summed E-state index contributed by atoms with van der Waals surface area (Å²) in [5.41, 5.74) is 1.07. The zero-order chi connectivity index (χ0) is 21.6. The van der Waals surface area contributed by atoms with Gasteiger partial charge >= 0.3 is 0 Å². The van der Waals surface area contributed by atoms with Crippen LogP contribution in [0.5, 0.6) is 11.5 Å². The molecule has 31 heavy (non-hydrogen) atoms. The molecule has 0 radical (unpaired) electrons. The lowest BCUT2D eigenvalue weighted by molar-refractivity contribution is 0.0958. The molecule has 1 aromatic carbocycles. The second kappa shape index (κ2) is 10.6. The van der Waals surface area contributed by atoms with Gasteiger partial charge in [-0.25, -0.2) is 4.99 Å². The van der Waals surface area contributed by atoms with E-state index in [1.54, 1.807) is 7.11 Å². The van der Waals surface area contributed by atoms with E-state index in [4.69, 9.17) is 19.6 Å². The SMILES string of the molecule is CCNC(=NCc1ccc(OCCO)c(OC)c1)N1CCN(C2CC3CCC2C3)CC1. The minimum absolute atomic E-state index is 0.0174. The lowest BCUT2D eigenvalue weighted by atomic mass is 9.93. The number of aliphatic hydroxyl groups is 1. The van der Waals surface area contributed by atoms with Crippen LogP contribution in [0.1, 0.15) is 38.2 Å². The molecule has 172 valence electrons. The summed E-state index contributed by atoms with van der Waals surface area (Å²) in [7, 11) is 1.63. The smallest absolute Gasteiger partial charge is 0.194 e. The number of piperazine rings is 1. The predicted octanol–water partition coefficient (Wildman–Crippen LogP) is 2.34. The first-order chi connectivity index (χ1) is 15.2. The van der Waals surface area contributed by atoms with E-state index in [1.807, 2.05) is 18.2 Å². The van der Waals surface area contributed by atoms with Crippen molar-refractivity contribution in [3.63, 3.8) is 0 Å². The van der Waals surface area contributed by atoms with Gasteiger partial charge in [0, 0.05) is 38.8 Å². The summed E-state index contributed by atoms with van der Waals surface area (Å²) >= 11 is 0. The van der Waals surface area contributed by atoms with E-state index in [-0.39, 0.29) is 13.2 Å². The highest BCUT2D eigenvalue weighted by molar-refractivity contribution is 5.80. The Balaban J connectivity index is 1.35. The topological polar surface area (TPSA) is 69.6 Å². The monoisotopic (exact) mass is 430 g/mol. The third-order valence-electron chi connectivity index (χ3n) is 7.11. The molecule has 3 unspecified atom stereocenters. The Bertz CT molecular complexity index is 748. The van der Waals surface area contributed by atoms with Crippen LogP contribution in [0.2, 0.25) is 0 Å². The summed E-state index contributed by atoms with van der Waals surface area (Å²) in [6.07, 6.45) is 5.82. The number of rotatable bonds is 8. The molecule has 1 saturated heterocycles. The molecule has 1 aromatic rings. The summed E-state index contributed by atoms with van der Waals surface area (Å²) in [5.74, 6) is 4.27. The van der Waals surface area contributed by atoms with Crippen molar-refractivity contribution in [2.24, 2.45) is 16.8 Å². The molecular formula is C24H38N4O3. The molecule has 2 bridgehead atoms. The number of nitrogens with zero attached hydrogens (tertiary/aromatic N) is 3. The largest absolute Gasteiger partial charge is 0.493 e. The van der Waals surface area contributed by atoms with Crippen molar-refractivity contribution >= 4 is 5.96 Å². The van der Waals surface area contributed by atoms with Crippen molar-refractivity contribution in [3.8, 4) is 11.5 Å². The number of fused-ring (bicyclic) bond motifs is 2. The second-order valence-corrected chi connectivity index (χ2v) is 8.99. The summed E-state index contributed by atoms with van der Waals surface area (Å²) in [6, 6.07) is 6.70. The van der Waals surface area contributed by atoms with Crippen molar-refractivity contribution in [2.75, 3.05) is 53.0 Å². The quantitative estimate of drug-likeness (QED) is 0.487. The van der Waals surface area contributed by atoms with Crippen LogP contribution in [0, 0.1) is 11.8 Å². The maximum atomic E-state index is 8.97. The van der Waals surface area contributed by atoms with E-state index in [0.29, 0.717) is 18.0 Å². The molecular weight excluding hydrogens is 392 g/mol. The highest BCUT2D eigenvalue weighted by atomic mass is 16.5. The van der Waals surface area contributed by atoms with Gasteiger partial charge in [-0.05, 0) is 55.7 Å². The van der Waals surface area contributed by atoms with E-state index >= 15 is 0 Å². The Morgan fingerprint density at radius 1 is 1.16 bits per heavy atom. The van der Waals surface area contributed by atoms with Gasteiger partial charge in [-0.3, -0.25) is 4.90 Å². The molecule has 1 heterocycles. The molecule has 3 fully saturated rings. The first-order valence-electron chi connectivity index (χ1n) is 11.9. The number of benzene rings is 1. The predicted molar refractivity (Wildman–Crippen MR) is 123 cm³/mol. The number of methoxy groups -OCH3 is 1. The van der Waals surface area contributed by atoms with Crippen LogP contribution in [0.3, 0.4) is 0 Å². The van der Waals surface area contributed by atoms with E-state index < -0.39 is 0 Å². The van der Waals surface area contributed by atoms with Crippen LogP contribution >= 0.6 is 0 Å². The van der Waals surface area contributed by atoms with Crippen molar-refractivity contribution < 1.29 is 14.6 Å². The molecule has 0 spiro atoms. The van der Waals surface area contributed by atoms with E-state index in [2.05, 4.69) is 22.0 Å². The zero-order valence-corrected chi connectivity index (χ0v) is 19.1. The van der Waals surface area contributed by atoms with E-state index in [9.17, 15) is 0 Å². The molecule has 3 atom stereocenters. The van der Waals surface area contributed by atoms with Gasteiger partial charge in [0.15, 0.2) is 17.5 Å². The van der Waals surface area contributed by atoms with Crippen LogP contribution in [-0.2, 0) is 6.54 Å². The molecule has 2 aliphatic carbocycles. The Morgan fingerprint density at radius 3 is 2.65 bits per heavy atom. The van der Waals surface area contributed by atoms with Crippen molar-refractivity contribution in [1.29, 1.82) is 0 Å². The number of guanidine groups is 1. The van der Waals surface area contributed by atoms with Crippen molar-refractivity contribution in [2.45, 2.75) is 45.2 Å². The lowest BCUT2D eigenvalue weighted by Crippen LogP contribution is -2.55. The van der Waals surface area contributed by atoms with Gasteiger partial charge < -0.3 is 24.8 Å². The average Bonchev–Trinajstić information content (AvgIpc) is 3.45. The van der Waals surface area contributed by atoms with Crippen LogP contribution in [0.25, 0.3) is 0 Å². The van der Waals surface area contributed by atoms with E-state index in [0.717, 1.165) is 62.1 Å². The lowest BCUT2D eigenvalue weighted by Gasteiger charge is -2.42. The zero-order valence-electron chi connectivity index (χ0n) is 19.1. The fourth-order valence-electron chi connectivity index (χ4n) is 5.60.